The van der Waals surface area contributed by atoms with Gasteiger partial charge >= 0.3 is 0 Å². The highest BCUT2D eigenvalue weighted by Crippen LogP contribution is 2.28. The summed E-state index contributed by atoms with van der Waals surface area (Å²) in [6, 6.07) is 6.73. The maximum atomic E-state index is 13.1. The average molecular weight is 476 g/mol. The van der Waals surface area contributed by atoms with Crippen LogP contribution in [-0.2, 0) is 9.53 Å². The highest BCUT2D eigenvalue weighted by atomic mass is 127. The summed E-state index contributed by atoms with van der Waals surface area (Å²) in [4.78, 5) is 20.5. The van der Waals surface area contributed by atoms with Crippen LogP contribution in [0.5, 0.6) is 0 Å². The van der Waals surface area contributed by atoms with E-state index in [2.05, 4.69) is 10.3 Å². The highest BCUT2D eigenvalue weighted by molar-refractivity contribution is 14.0. The minimum atomic E-state index is -0.269. The number of halogens is 2. The zero-order valence-corrected chi connectivity index (χ0v) is 17.5. The van der Waals surface area contributed by atoms with Crippen molar-refractivity contribution in [2.45, 2.75) is 25.0 Å². The fourth-order valence-corrected chi connectivity index (χ4v) is 3.17. The van der Waals surface area contributed by atoms with Crippen molar-refractivity contribution in [3.05, 3.63) is 35.6 Å². The van der Waals surface area contributed by atoms with E-state index in [4.69, 9.17) is 4.74 Å². The predicted octanol–water partition coefficient (Wildman–Crippen LogP) is 2.01. The van der Waals surface area contributed by atoms with Gasteiger partial charge in [-0.15, -0.1) is 24.0 Å². The Hall–Kier alpha value is -1.42. The molecule has 1 amide bonds. The lowest BCUT2D eigenvalue weighted by atomic mass is 10.1. The van der Waals surface area contributed by atoms with Crippen LogP contribution in [0.3, 0.4) is 0 Å². The van der Waals surface area contributed by atoms with E-state index < -0.39 is 0 Å². The molecule has 6 nitrogen and oxygen atoms in total. The molecule has 26 heavy (non-hydrogen) atoms. The van der Waals surface area contributed by atoms with Gasteiger partial charge in [0.15, 0.2) is 5.96 Å². The Morgan fingerprint density at radius 3 is 2.58 bits per heavy atom. The van der Waals surface area contributed by atoms with Crippen molar-refractivity contribution in [2.75, 3.05) is 40.3 Å². The van der Waals surface area contributed by atoms with Gasteiger partial charge in [-0.3, -0.25) is 9.79 Å². The fraction of sp³-hybridized carbons (Fsp3) is 0.556. The Bertz CT molecular complexity index is 637. The van der Waals surface area contributed by atoms with Crippen LogP contribution >= 0.6 is 24.0 Å². The number of benzene rings is 1. The Labute approximate surface area is 170 Å². The first-order chi connectivity index (χ1) is 12.1. The van der Waals surface area contributed by atoms with Gasteiger partial charge in [0.05, 0.1) is 12.6 Å². The van der Waals surface area contributed by atoms with E-state index in [1.807, 2.05) is 9.80 Å². The molecular formula is C18H26FIN4O2. The molecule has 0 radical (unpaired) electrons. The van der Waals surface area contributed by atoms with Gasteiger partial charge in [-0.2, -0.15) is 0 Å². The summed E-state index contributed by atoms with van der Waals surface area (Å²) in [5.74, 6) is 0.584. The first kappa shape index (κ1) is 20.9. The number of ether oxygens (including phenoxy) is 1. The molecule has 144 valence electrons. The molecular weight excluding hydrogens is 450 g/mol. The Morgan fingerprint density at radius 2 is 2.04 bits per heavy atom. The lowest BCUT2D eigenvalue weighted by molar-refractivity contribution is -0.135. The number of hydrogen-bond acceptors (Lipinski definition) is 3. The lowest BCUT2D eigenvalue weighted by Gasteiger charge is -2.36. The number of hydrogen-bond donors (Lipinski definition) is 1. The molecule has 8 heteroatoms. The molecule has 1 aliphatic carbocycles. The Kier molecular flexibility index (Phi) is 7.63. The van der Waals surface area contributed by atoms with E-state index >= 15 is 0 Å². The lowest BCUT2D eigenvalue weighted by Crippen LogP contribution is -2.56. The van der Waals surface area contributed by atoms with Crippen molar-refractivity contribution in [3.8, 4) is 0 Å². The van der Waals surface area contributed by atoms with Gasteiger partial charge in [-0.05, 0) is 30.5 Å². The molecule has 0 spiro atoms. The van der Waals surface area contributed by atoms with Gasteiger partial charge in [0.2, 0.25) is 5.91 Å². The van der Waals surface area contributed by atoms with E-state index in [1.165, 1.54) is 12.1 Å². The predicted molar refractivity (Wildman–Crippen MR) is 109 cm³/mol. The number of methoxy groups -OCH3 is 1. The molecule has 2 aliphatic rings. The number of piperazine rings is 1. The Balaban J connectivity index is 0.00000243. The summed E-state index contributed by atoms with van der Waals surface area (Å²) >= 11 is 0. The summed E-state index contributed by atoms with van der Waals surface area (Å²) < 4.78 is 18.6. The average Bonchev–Trinajstić information content (AvgIpc) is 3.45. The van der Waals surface area contributed by atoms with Gasteiger partial charge in [0.25, 0.3) is 0 Å². The standard InChI is InChI=1S/C18H25FN4O2.HI/c1-20-18(22-9-10-23(15-7-8-15)17(24)12-22)21-11-16(25-2)13-3-5-14(19)6-4-13;/h3-6,15-16H,7-12H2,1-2H3,(H,20,21);1H. The van der Waals surface area contributed by atoms with Crippen molar-refractivity contribution >= 4 is 35.8 Å². The summed E-state index contributed by atoms with van der Waals surface area (Å²) in [5, 5.41) is 3.27. The van der Waals surface area contributed by atoms with E-state index in [-0.39, 0.29) is 41.8 Å². The summed E-state index contributed by atoms with van der Waals surface area (Å²) in [5.41, 5.74) is 0.890. The minimum Gasteiger partial charge on any atom is -0.375 e. The van der Waals surface area contributed by atoms with Crippen molar-refractivity contribution in [1.29, 1.82) is 0 Å². The quantitative estimate of drug-likeness (QED) is 0.402. The largest absolute Gasteiger partial charge is 0.375 e. The van der Waals surface area contributed by atoms with Crippen molar-refractivity contribution in [3.63, 3.8) is 0 Å². The number of carbonyl (C=O) groups excluding carboxylic acids is 1. The van der Waals surface area contributed by atoms with Crippen molar-refractivity contribution in [2.24, 2.45) is 4.99 Å². The number of nitrogens with zero attached hydrogens (tertiary/aromatic N) is 3. The zero-order valence-electron chi connectivity index (χ0n) is 15.2. The van der Waals surface area contributed by atoms with Crippen LogP contribution in [0.15, 0.2) is 29.3 Å². The number of carbonyl (C=O) groups is 1. The van der Waals surface area contributed by atoms with Gasteiger partial charge in [-0.1, -0.05) is 12.1 Å². The molecule has 1 aliphatic heterocycles. The van der Waals surface area contributed by atoms with Gasteiger partial charge < -0.3 is 19.9 Å². The minimum absolute atomic E-state index is 0. The van der Waals surface area contributed by atoms with Crippen LogP contribution in [0.4, 0.5) is 4.39 Å². The molecule has 1 saturated heterocycles. The smallest absolute Gasteiger partial charge is 0.242 e. The van der Waals surface area contributed by atoms with Crippen LogP contribution in [0, 0.1) is 5.82 Å². The fourth-order valence-electron chi connectivity index (χ4n) is 3.17. The zero-order chi connectivity index (χ0) is 17.8. The maximum Gasteiger partial charge on any atom is 0.242 e. The summed E-state index contributed by atoms with van der Waals surface area (Å²) in [7, 11) is 3.33. The molecule has 1 aromatic rings. The summed E-state index contributed by atoms with van der Waals surface area (Å²) in [6.07, 6.45) is 2.04. The van der Waals surface area contributed by atoms with Crippen molar-refractivity contribution < 1.29 is 13.9 Å². The van der Waals surface area contributed by atoms with Crippen LogP contribution in [0.1, 0.15) is 24.5 Å². The molecule has 1 aromatic carbocycles. The van der Waals surface area contributed by atoms with E-state index in [9.17, 15) is 9.18 Å². The third-order valence-electron chi connectivity index (χ3n) is 4.73. The first-order valence-electron chi connectivity index (χ1n) is 8.65. The van der Waals surface area contributed by atoms with Crippen LogP contribution in [0.25, 0.3) is 0 Å². The van der Waals surface area contributed by atoms with Crippen LogP contribution in [-0.4, -0.2) is 68.0 Å². The number of guanidine groups is 1. The van der Waals surface area contributed by atoms with Crippen LogP contribution < -0.4 is 5.32 Å². The molecule has 2 fully saturated rings. The number of amides is 1. The summed E-state index contributed by atoms with van der Waals surface area (Å²) in [6.45, 7) is 2.36. The molecule has 1 unspecified atom stereocenters. The topological polar surface area (TPSA) is 57.2 Å². The monoisotopic (exact) mass is 476 g/mol. The van der Waals surface area contributed by atoms with E-state index in [1.54, 1.807) is 26.3 Å². The van der Waals surface area contributed by atoms with Gasteiger partial charge in [-0.25, -0.2) is 4.39 Å². The molecule has 1 saturated carbocycles. The highest BCUT2D eigenvalue weighted by Gasteiger charge is 2.36. The number of rotatable bonds is 5. The van der Waals surface area contributed by atoms with Crippen LogP contribution in [0.2, 0.25) is 0 Å². The van der Waals surface area contributed by atoms with E-state index in [0.717, 1.165) is 31.5 Å². The van der Waals surface area contributed by atoms with E-state index in [0.29, 0.717) is 25.1 Å². The number of nitrogens with one attached hydrogen (secondary N) is 1. The molecule has 3 rings (SSSR count). The van der Waals surface area contributed by atoms with Gasteiger partial charge in [0.1, 0.15) is 5.82 Å². The second-order valence-corrected chi connectivity index (χ2v) is 6.44. The first-order valence-corrected chi connectivity index (χ1v) is 8.65. The number of aliphatic imine (C=N–C) groups is 1. The molecule has 0 bridgehead atoms. The normalized spacial score (nSPS) is 19.2. The third kappa shape index (κ3) is 5.06. The maximum absolute atomic E-state index is 13.1. The second-order valence-electron chi connectivity index (χ2n) is 6.44. The molecule has 0 aromatic heterocycles. The van der Waals surface area contributed by atoms with Crippen molar-refractivity contribution in [1.82, 2.24) is 15.1 Å². The van der Waals surface area contributed by atoms with Gasteiger partial charge in [0, 0.05) is 39.8 Å². The third-order valence-corrected chi connectivity index (χ3v) is 4.73. The molecule has 1 heterocycles. The molecule has 1 N–H and O–H groups in total. The molecule has 1 atom stereocenters. The second kappa shape index (κ2) is 9.50. The Morgan fingerprint density at radius 1 is 1.35 bits per heavy atom. The SMILES string of the molecule is CN=C(NCC(OC)c1ccc(F)cc1)N1CCN(C2CC2)C(=O)C1.I.